The molecule has 5 heteroatoms. The van der Waals surface area contributed by atoms with Crippen LogP contribution in [0.3, 0.4) is 0 Å². The van der Waals surface area contributed by atoms with E-state index in [1.54, 1.807) is 0 Å². The molecule has 0 bridgehead atoms. The minimum atomic E-state index is -0.209. The molecule has 1 aromatic rings. The van der Waals surface area contributed by atoms with Crippen molar-refractivity contribution in [2.75, 3.05) is 19.7 Å². The SMILES string of the molecule is O=C(CN1CCCC1CO)c1ccc(O)cc1O. The van der Waals surface area contributed by atoms with Crippen LogP contribution >= 0.6 is 0 Å². The van der Waals surface area contributed by atoms with E-state index in [0.29, 0.717) is 0 Å². The van der Waals surface area contributed by atoms with Gasteiger partial charge < -0.3 is 15.3 Å². The molecule has 0 radical (unpaired) electrons. The Labute approximate surface area is 105 Å². The van der Waals surface area contributed by atoms with Gasteiger partial charge in [-0.25, -0.2) is 0 Å². The molecule has 1 atom stereocenters. The second kappa shape index (κ2) is 5.37. The molecule has 0 amide bonds. The Morgan fingerprint density at radius 1 is 1.39 bits per heavy atom. The molecule has 0 saturated carbocycles. The molecule has 1 fully saturated rings. The molecular weight excluding hydrogens is 234 g/mol. The summed E-state index contributed by atoms with van der Waals surface area (Å²) in [5.74, 6) is -0.481. The third-order valence-electron chi connectivity index (χ3n) is 3.34. The maximum atomic E-state index is 12.0. The number of carbonyl (C=O) groups excluding carboxylic acids is 1. The van der Waals surface area contributed by atoms with Crippen LogP contribution in [0, 0.1) is 0 Å². The number of aromatic hydroxyl groups is 2. The quantitative estimate of drug-likeness (QED) is 0.688. The second-order valence-corrected chi connectivity index (χ2v) is 4.57. The molecule has 98 valence electrons. The Morgan fingerprint density at radius 3 is 2.83 bits per heavy atom. The van der Waals surface area contributed by atoms with Crippen molar-refractivity contribution in [2.45, 2.75) is 18.9 Å². The maximum absolute atomic E-state index is 12.0. The van der Waals surface area contributed by atoms with E-state index < -0.39 is 0 Å². The van der Waals surface area contributed by atoms with Crippen LogP contribution < -0.4 is 0 Å². The lowest BCUT2D eigenvalue weighted by Gasteiger charge is -2.21. The summed E-state index contributed by atoms with van der Waals surface area (Å²) in [5.41, 5.74) is 0.205. The Hall–Kier alpha value is -1.59. The summed E-state index contributed by atoms with van der Waals surface area (Å²) in [6.07, 6.45) is 1.87. The predicted molar refractivity (Wildman–Crippen MR) is 65.8 cm³/mol. The lowest BCUT2D eigenvalue weighted by atomic mass is 10.1. The monoisotopic (exact) mass is 251 g/mol. The summed E-state index contributed by atoms with van der Waals surface area (Å²) in [5, 5.41) is 28.0. The Bertz CT molecular complexity index is 447. The number of hydrogen-bond acceptors (Lipinski definition) is 5. The van der Waals surface area contributed by atoms with Crippen LogP contribution in [0.2, 0.25) is 0 Å². The highest BCUT2D eigenvalue weighted by Gasteiger charge is 2.26. The number of Topliss-reactive ketones (excluding diaryl/α,β-unsaturated/α-hetero) is 1. The van der Waals surface area contributed by atoms with Gasteiger partial charge in [-0.15, -0.1) is 0 Å². The minimum Gasteiger partial charge on any atom is -0.508 e. The molecule has 1 aliphatic heterocycles. The van der Waals surface area contributed by atoms with E-state index >= 15 is 0 Å². The number of carbonyl (C=O) groups is 1. The van der Waals surface area contributed by atoms with Crippen LogP contribution in [-0.2, 0) is 0 Å². The number of nitrogens with zero attached hydrogens (tertiary/aromatic N) is 1. The number of aliphatic hydroxyl groups is 1. The average Bonchev–Trinajstić information content (AvgIpc) is 2.76. The number of hydrogen-bond donors (Lipinski definition) is 3. The molecule has 1 aliphatic rings. The van der Waals surface area contributed by atoms with Crippen molar-refractivity contribution in [3.8, 4) is 11.5 Å². The smallest absolute Gasteiger partial charge is 0.180 e. The predicted octanol–water partition coefficient (Wildman–Crippen LogP) is 0.737. The zero-order valence-corrected chi connectivity index (χ0v) is 10.0. The van der Waals surface area contributed by atoms with Gasteiger partial charge in [-0.2, -0.15) is 0 Å². The highest BCUT2D eigenvalue weighted by Crippen LogP contribution is 2.24. The molecular formula is C13H17NO4. The summed E-state index contributed by atoms with van der Waals surface area (Å²) >= 11 is 0. The Morgan fingerprint density at radius 2 is 2.17 bits per heavy atom. The van der Waals surface area contributed by atoms with Gasteiger partial charge in [0.1, 0.15) is 11.5 Å². The third kappa shape index (κ3) is 2.63. The topological polar surface area (TPSA) is 81.0 Å². The molecule has 1 heterocycles. The fourth-order valence-electron chi connectivity index (χ4n) is 2.34. The first kappa shape index (κ1) is 12.9. The van der Waals surface area contributed by atoms with E-state index in [0.717, 1.165) is 25.5 Å². The van der Waals surface area contributed by atoms with Gasteiger partial charge in [0, 0.05) is 12.1 Å². The van der Waals surface area contributed by atoms with E-state index in [9.17, 15) is 15.0 Å². The van der Waals surface area contributed by atoms with Crippen molar-refractivity contribution in [2.24, 2.45) is 0 Å². The highest BCUT2D eigenvalue weighted by molar-refractivity contribution is 6.00. The molecule has 0 spiro atoms. The molecule has 2 rings (SSSR count). The van der Waals surface area contributed by atoms with E-state index in [2.05, 4.69) is 0 Å². The zero-order chi connectivity index (χ0) is 13.1. The van der Waals surface area contributed by atoms with E-state index in [1.807, 2.05) is 4.90 Å². The number of aliphatic hydroxyl groups excluding tert-OH is 1. The average molecular weight is 251 g/mol. The largest absolute Gasteiger partial charge is 0.508 e. The fourth-order valence-corrected chi connectivity index (χ4v) is 2.34. The van der Waals surface area contributed by atoms with Gasteiger partial charge in [-0.3, -0.25) is 9.69 Å². The van der Waals surface area contributed by atoms with Crippen LogP contribution in [0.4, 0.5) is 0 Å². The van der Waals surface area contributed by atoms with Crippen LogP contribution in [0.1, 0.15) is 23.2 Å². The van der Waals surface area contributed by atoms with Crippen molar-refractivity contribution in [1.29, 1.82) is 0 Å². The van der Waals surface area contributed by atoms with Gasteiger partial charge in [0.15, 0.2) is 5.78 Å². The molecule has 1 unspecified atom stereocenters. The van der Waals surface area contributed by atoms with Gasteiger partial charge in [0.2, 0.25) is 0 Å². The molecule has 0 aliphatic carbocycles. The van der Waals surface area contributed by atoms with Crippen LogP contribution in [0.25, 0.3) is 0 Å². The van der Waals surface area contributed by atoms with Gasteiger partial charge in [0.25, 0.3) is 0 Å². The van der Waals surface area contributed by atoms with E-state index in [1.165, 1.54) is 12.1 Å². The number of phenolic OH excluding ortho intramolecular Hbond substituents is 2. The first-order valence-electron chi connectivity index (χ1n) is 6.02. The zero-order valence-electron chi connectivity index (χ0n) is 10.0. The Kier molecular flexibility index (Phi) is 3.84. The summed E-state index contributed by atoms with van der Waals surface area (Å²) in [7, 11) is 0. The lowest BCUT2D eigenvalue weighted by Crippen LogP contribution is -2.36. The van der Waals surface area contributed by atoms with Crippen LogP contribution in [-0.4, -0.2) is 51.7 Å². The van der Waals surface area contributed by atoms with Crippen molar-refractivity contribution in [3.63, 3.8) is 0 Å². The minimum absolute atomic E-state index is 0.0354. The first-order valence-corrected chi connectivity index (χ1v) is 6.02. The highest BCUT2D eigenvalue weighted by atomic mass is 16.3. The summed E-state index contributed by atoms with van der Waals surface area (Å²) in [4.78, 5) is 14.0. The molecule has 1 saturated heterocycles. The van der Waals surface area contributed by atoms with E-state index in [4.69, 9.17) is 5.11 Å². The molecule has 1 aromatic carbocycles. The van der Waals surface area contributed by atoms with E-state index in [-0.39, 0.29) is 42.0 Å². The molecule has 0 aromatic heterocycles. The number of likely N-dealkylation sites (tertiary alicyclic amines) is 1. The van der Waals surface area contributed by atoms with Gasteiger partial charge in [0.05, 0.1) is 18.7 Å². The standard InChI is InChI=1S/C13H17NO4/c15-8-9-2-1-5-14(9)7-13(18)11-4-3-10(16)6-12(11)17/h3-4,6,9,15-17H,1-2,5,7-8H2. The van der Waals surface area contributed by atoms with Crippen LogP contribution in [0.5, 0.6) is 11.5 Å². The van der Waals surface area contributed by atoms with Gasteiger partial charge >= 0.3 is 0 Å². The second-order valence-electron chi connectivity index (χ2n) is 4.57. The first-order chi connectivity index (χ1) is 8.61. The van der Waals surface area contributed by atoms with Crippen molar-refractivity contribution >= 4 is 5.78 Å². The molecule has 5 nitrogen and oxygen atoms in total. The molecule has 18 heavy (non-hydrogen) atoms. The molecule has 3 N–H and O–H groups in total. The summed E-state index contributed by atoms with van der Waals surface area (Å²) in [6, 6.07) is 3.98. The number of benzene rings is 1. The number of ketones is 1. The van der Waals surface area contributed by atoms with Gasteiger partial charge in [-0.05, 0) is 31.5 Å². The maximum Gasteiger partial charge on any atom is 0.180 e. The fraction of sp³-hybridized carbons (Fsp3) is 0.462. The summed E-state index contributed by atoms with van der Waals surface area (Å²) < 4.78 is 0. The van der Waals surface area contributed by atoms with Crippen molar-refractivity contribution in [3.05, 3.63) is 23.8 Å². The summed E-state index contributed by atoms with van der Waals surface area (Å²) in [6.45, 7) is 1.02. The number of phenols is 2. The number of rotatable bonds is 4. The Balaban J connectivity index is 2.07. The van der Waals surface area contributed by atoms with Crippen LogP contribution in [0.15, 0.2) is 18.2 Å². The lowest BCUT2D eigenvalue weighted by molar-refractivity contribution is 0.0885. The third-order valence-corrected chi connectivity index (χ3v) is 3.34. The van der Waals surface area contributed by atoms with Crippen molar-refractivity contribution in [1.82, 2.24) is 4.90 Å². The normalized spacial score (nSPS) is 20.2. The van der Waals surface area contributed by atoms with Gasteiger partial charge in [-0.1, -0.05) is 0 Å². The van der Waals surface area contributed by atoms with Crippen molar-refractivity contribution < 1.29 is 20.1 Å².